The number of benzene rings is 2. The summed E-state index contributed by atoms with van der Waals surface area (Å²) in [7, 11) is 0. The minimum absolute atomic E-state index is 0.261. The average molecular weight is 369 g/mol. The van der Waals surface area contributed by atoms with Crippen LogP contribution in [-0.4, -0.2) is 25.4 Å². The predicted molar refractivity (Wildman–Crippen MR) is 108 cm³/mol. The maximum Gasteiger partial charge on any atom is 0.219 e. The van der Waals surface area contributed by atoms with E-state index in [0.29, 0.717) is 6.54 Å². The van der Waals surface area contributed by atoms with Gasteiger partial charge in [0.1, 0.15) is 6.33 Å². The van der Waals surface area contributed by atoms with Crippen LogP contribution in [0.3, 0.4) is 0 Å². The SMILES string of the molecule is NC(=O)CCn1cnc(-c2ccccc2)c1-c1ccc(-c2cncnc2)cc1. The number of hydrogen-bond acceptors (Lipinski definition) is 4. The molecular formula is C22H19N5O. The summed E-state index contributed by atoms with van der Waals surface area (Å²) in [5.41, 5.74) is 11.2. The number of nitrogens with two attached hydrogens (primary N) is 1. The molecule has 2 heterocycles. The second-order valence-electron chi connectivity index (χ2n) is 6.42. The van der Waals surface area contributed by atoms with Crippen molar-refractivity contribution in [2.45, 2.75) is 13.0 Å². The molecule has 0 spiro atoms. The normalized spacial score (nSPS) is 10.7. The van der Waals surface area contributed by atoms with Gasteiger partial charge in [-0.2, -0.15) is 0 Å². The van der Waals surface area contributed by atoms with E-state index in [2.05, 4.69) is 15.0 Å². The van der Waals surface area contributed by atoms with Crippen LogP contribution in [0.4, 0.5) is 0 Å². The van der Waals surface area contributed by atoms with Gasteiger partial charge in [-0.15, -0.1) is 0 Å². The fraction of sp³-hybridized carbons (Fsp3) is 0.0909. The van der Waals surface area contributed by atoms with Gasteiger partial charge in [-0.1, -0.05) is 54.6 Å². The van der Waals surface area contributed by atoms with E-state index >= 15 is 0 Å². The molecule has 2 aromatic carbocycles. The van der Waals surface area contributed by atoms with E-state index < -0.39 is 0 Å². The number of primary amides is 1. The number of rotatable bonds is 6. The van der Waals surface area contributed by atoms with Gasteiger partial charge in [-0.25, -0.2) is 15.0 Å². The maximum absolute atomic E-state index is 11.3. The summed E-state index contributed by atoms with van der Waals surface area (Å²) in [4.78, 5) is 24.0. The molecule has 4 rings (SSSR count). The molecule has 0 atom stereocenters. The first-order valence-electron chi connectivity index (χ1n) is 8.97. The Balaban J connectivity index is 1.76. The molecule has 0 aliphatic heterocycles. The number of nitrogens with zero attached hydrogens (tertiary/aromatic N) is 4. The molecule has 0 aliphatic carbocycles. The Morgan fingerprint density at radius 2 is 1.54 bits per heavy atom. The average Bonchev–Trinajstić information content (AvgIpc) is 3.17. The Bertz CT molecular complexity index is 1070. The Hall–Kier alpha value is -3.80. The van der Waals surface area contributed by atoms with Gasteiger partial charge in [-0.3, -0.25) is 4.79 Å². The Kier molecular flexibility index (Phi) is 4.93. The molecule has 6 heteroatoms. The summed E-state index contributed by atoms with van der Waals surface area (Å²) in [6, 6.07) is 18.2. The third kappa shape index (κ3) is 3.66. The molecule has 4 aromatic rings. The van der Waals surface area contributed by atoms with Crippen LogP contribution in [0.5, 0.6) is 0 Å². The van der Waals surface area contributed by atoms with Gasteiger partial charge in [-0.05, 0) is 5.56 Å². The molecule has 0 aliphatic rings. The summed E-state index contributed by atoms with van der Waals surface area (Å²) in [6.45, 7) is 0.485. The van der Waals surface area contributed by atoms with Crippen LogP contribution in [0, 0.1) is 0 Å². The first-order chi connectivity index (χ1) is 13.7. The van der Waals surface area contributed by atoms with Gasteiger partial charge in [0, 0.05) is 42.0 Å². The van der Waals surface area contributed by atoms with E-state index in [1.807, 2.05) is 59.2 Å². The predicted octanol–water partition coefficient (Wildman–Crippen LogP) is 3.55. The minimum atomic E-state index is -0.333. The summed E-state index contributed by atoms with van der Waals surface area (Å²) < 4.78 is 1.98. The molecular weight excluding hydrogens is 350 g/mol. The number of aryl methyl sites for hydroxylation is 1. The van der Waals surface area contributed by atoms with Crippen molar-refractivity contribution < 1.29 is 4.79 Å². The van der Waals surface area contributed by atoms with Crippen molar-refractivity contribution in [1.82, 2.24) is 19.5 Å². The van der Waals surface area contributed by atoms with Crippen LogP contribution in [0.25, 0.3) is 33.6 Å². The number of imidazole rings is 1. The topological polar surface area (TPSA) is 86.7 Å². The van der Waals surface area contributed by atoms with Crippen LogP contribution in [-0.2, 0) is 11.3 Å². The zero-order valence-corrected chi connectivity index (χ0v) is 15.2. The highest BCUT2D eigenvalue weighted by Crippen LogP contribution is 2.32. The smallest absolute Gasteiger partial charge is 0.219 e. The molecule has 0 bridgehead atoms. The van der Waals surface area contributed by atoms with Crippen molar-refractivity contribution in [3.63, 3.8) is 0 Å². The lowest BCUT2D eigenvalue weighted by Crippen LogP contribution is -2.14. The number of carbonyl (C=O) groups is 1. The lowest BCUT2D eigenvalue weighted by atomic mass is 10.0. The quantitative estimate of drug-likeness (QED) is 0.563. The van der Waals surface area contributed by atoms with Gasteiger partial charge in [0.05, 0.1) is 17.7 Å². The molecule has 1 amide bonds. The lowest BCUT2D eigenvalue weighted by molar-refractivity contribution is -0.118. The Morgan fingerprint density at radius 1 is 0.857 bits per heavy atom. The summed E-state index contributed by atoms with van der Waals surface area (Å²) in [6.07, 6.45) is 7.11. The largest absolute Gasteiger partial charge is 0.370 e. The number of hydrogen-bond donors (Lipinski definition) is 1. The standard InChI is InChI=1S/C22H19N5O/c23-20(28)10-11-27-15-26-21(17-4-2-1-3-5-17)22(27)18-8-6-16(7-9-18)19-12-24-14-25-13-19/h1-9,12-15H,10-11H2,(H2,23,28). The monoisotopic (exact) mass is 369 g/mol. The fourth-order valence-electron chi connectivity index (χ4n) is 3.16. The van der Waals surface area contributed by atoms with Crippen molar-refractivity contribution >= 4 is 5.91 Å². The third-order valence-corrected chi connectivity index (χ3v) is 4.54. The molecule has 6 nitrogen and oxygen atoms in total. The van der Waals surface area contributed by atoms with E-state index in [1.165, 1.54) is 6.33 Å². The van der Waals surface area contributed by atoms with E-state index in [0.717, 1.165) is 33.6 Å². The highest BCUT2D eigenvalue weighted by molar-refractivity contribution is 5.80. The molecule has 0 fully saturated rings. The first kappa shape index (κ1) is 17.6. The number of amides is 1. The van der Waals surface area contributed by atoms with Crippen LogP contribution in [0.2, 0.25) is 0 Å². The molecule has 0 saturated heterocycles. The Morgan fingerprint density at radius 3 is 2.21 bits per heavy atom. The van der Waals surface area contributed by atoms with E-state index in [-0.39, 0.29) is 12.3 Å². The van der Waals surface area contributed by atoms with E-state index in [9.17, 15) is 4.79 Å². The zero-order valence-electron chi connectivity index (χ0n) is 15.2. The van der Waals surface area contributed by atoms with Crippen molar-refractivity contribution in [1.29, 1.82) is 0 Å². The van der Waals surface area contributed by atoms with Gasteiger partial charge < -0.3 is 10.3 Å². The van der Waals surface area contributed by atoms with Crippen LogP contribution in [0.15, 0.2) is 79.6 Å². The second kappa shape index (κ2) is 7.84. The first-order valence-corrected chi connectivity index (χ1v) is 8.97. The van der Waals surface area contributed by atoms with Crippen molar-refractivity contribution in [3.05, 3.63) is 79.6 Å². The van der Waals surface area contributed by atoms with Crippen LogP contribution in [0.1, 0.15) is 6.42 Å². The molecule has 0 radical (unpaired) electrons. The van der Waals surface area contributed by atoms with Crippen molar-refractivity contribution in [2.75, 3.05) is 0 Å². The number of aromatic nitrogens is 4. The molecule has 2 N–H and O–H groups in total. The minimum Gasteiger partial charge on any atom is -0.370 e. The molecule has 138 valence electrons. The maximum atomic E-state index is 11.3. The Labute approximate surface area is 162 Å². The third-order valence-electron chi connectivity index (χ3n) is 4.54. The lowest BCUT2D eigenvalue weighted by Gasteiger charge is -2.11. The van der Waals surface area contributed by atoms with Gasteiger partial charge in [0.15, 0.2) is 0 Å². The highest BCUT2D eigenvalue weighted by atomic mass is 16.1. The van der Waals surface area contributed by atoms with E-state index in [4.69, 9.17) is 5.73 Å². The van der Waals surface area contributed by atoms with Crippen molar-refractivity contribution in [3.8, 4) is 33.6 Å². The van der Waals surface area contributed by atoms with E-state index in [1.54, 1.807) is 18.7 Å². The van der Waals surface area contributed by atoms with Gasteiger partial charge in [0.25, 0.3) is 0 Å². The van der Waals surface area contributed by atoms with Crippen LogP contribution >= 0.6 is 0 Å². The zero-order chi connectivity index (χ0) is 19.3. The summed E-state index contributed by atoms with van der Waals surface area (Å²) >= 11 is 0. The van der Waals surface area contributed by atoms with Gasteiger partial charge >= 0.3 is 0 Å². The highest BCUT2D eigenvalue weighted by Gasteiger charge is 2.15. The second-order valence-corrected chi connectivity index (χ2v) is 6.42. The van der Waals surface area contributed by atoms with Gasteiger partial charge in [0.2, 0.25) is 5.91 Å². The molecule has 0 saturated carbocycles. The fourth-order valence-corrected chi connectivity index (χ4v) is 3.16. The molecule has 0 unspecified atom stereocenters. The molecule has 28 heavy (non-hydrogen) atoms. The molecule has 2 aromatic heterocycles. The van der Waals surface area contributed by atoms with Crippen molar-refractivity contribution in [2.24, 2.45) is 5.73 Å². The van der Waals surface area contributed by atoms with Crippen LogP contribution < -0.4 is 5.73 Å². The summed E-state index contributed by atoms with van der Waals surface area (Å²) in [5.74, 6) is -0.333. The summed E-state index contributed by atoms with van der Waals surface area (Å²) in [5, 5.41) is 0. The number of carbonyl (C=O) groups excluding carboxylic acids is 1.